The Hall–Kier alpha value is -3.80. The van der Waals surface area contributed by atoms with Crippen LogP contribution in [0.1, 0.15) is 36.9 Å². The van der Waals surface area contributed by atoms with Crippen LogP contribution in [0.3, 0.4) is 0 Å². The number of rotatable bonds is 15. The highest BCUT2D eigenvalue weighted by atomic mass is 16.5. The Morgan fingerprint density at radius 2 is 1.95 bits per heavy atom. The number of aliphatic hydroxyl groups is 2. The van der Waals surface area contributed by atoms with Gasteiger partial charge in [0.2, 0.25) is 0 Å². The number of unbranched alkanes of at least 4 members (excludes halogenated alkanes) is 1. The Kier molecular flexibility index (Phi) is 9.95. The van der Waals surface area contributed by atoms with E-state index in [-0.39, 0.29) is 0 Å². The summed E-state index contributed by atoms with van der Waals surface area (Å²) in [5.41, 5.74) is 3.11. The fourth-order valence-electron chi connectivity index (χ4n) is 5.16. The molecular weight excluding hydrogens is 520 g/mol. The van der Waals surface area contributed by atoms with E-state index in [4.69, 9.17) is 9.72 Å². The number of benzene rings is 1. The third kappa shape index (κ3) is 7.90. The Morgan fingerprint density at radius 3 is 2.80 bits per heavy atom. The molecule has 5 rings (SSSR count). The quantitative estimate of drug-likeness (QED) is 0.127. The van der Waals surface area contributed by atoms with E-state index in [1.165, 1.54) is 11.9 Å². The molecule has 41 heavy (non-hydrogen) atoms. The van der Waals surface area contributed by atoms with Gasteiger partial charge in [0, 0.05) is 32.4 Å². The number of ether oxygens (including phenoxy) is 1. The molecule has 11 heteroatoms. The standard InChI is InChI=1S/C30H40N8O3/c1-37-29-25(20-34-37)28(32-21-33-29)36-26(30(39)40)14-17-38(18-19-41-24-10-3-2-4-11-24)16-6-5-9-23-13-12-22-8-7-15-31-27(22)35-23/h2-4,10-13,20-21,26,30,39-40H,5-9,14-19H2,1H3,(H,31,35)(H,32,33,36)/t26-/m0/s1. The Morgan fingerprint density at radius 1 is 1.07 bits per heavy atom. The van der Waals surface area contributed by atoms with Crippen LogP contribution in [0, 0.1) is 0 Å². The van der Waals surface area contributed by atoms with Gasteiger partial charge >= 0.3 is 0 Å². The van der Waals surface area contributed by atoms with Crippen molar-refractivity contribution in [3.8, 4) is 5.75 Å². The van der Waals surface area contributed by atoms with E-state index < -0.39 is 12.3 Å². The van der Waals surface area contributed by atoms with Gasteiger partial charge in [0.25, 0.3) is 0 Å². The van der Waals surface area contributed by atoms with Crippen LogP contribution in [-0.2, 0) is 19.9 Å². The summed E-state index contributed by atoms with van der Waals surface area (Å²) in [4.78, 5) is 15.7. The van der Waals surface area contributed by atoms with Gasteiger partial charge in [0.15, 0.2) is 11.9 Å². The van der Waals surface area contributed by atoms with Gasteiger partial charge in [-0.2, -0.15) is 5.10 Å². The SMILES string of the molecule is Cn1ncc2c(N[C@@H](CCN(CCCCc3ccc4c(n3)NCCC4)CCOc3ccccc3)C(O)O)ncnc21. The predicted octanol–water partition coefficient (Wildman–Crippen LogP) is 3.00. The number of fused-ring (bicyclic) bond motifs is 2. The van der Waals surface area contributed by atoms with Gasteiger partial charge in [-0.1, -0.05) is 24.3 Å². The summed E-state index contributed by atoms with van der Waals surface area (Å²) >= 11 is 0. The molecule has 0 fully saturated rings. The first-order chi connectivity index (χ1) is 20.1. The van der Waals surface area contributed by atoms with Crippen LogP contribution >= 0.6 is 0 Å². The number of nitrogens with one attached hydrogen (secondary N) is 2. The van der Waals surface area contributed by atoms with Crippen molar-refractivity contribution in [2.45, 2.75) is 50.9 Å². The fourth-order valence-corrected chi connectivity index (χ4v) is 5.16. The van der Waals surface area contributed by atoms with E-state index in [0.717, 1.165) is 74.4 Å². The summed E-state index contributed by atoms with van der Waals surface area (Å²) in [7, 11) is 1.81. The highest BCUT2D eigenvalue weighted by molar-refractivity contribution is 5.86. The van der Waals surface area contributed by atoms with Crippen molar-refractivity contribution in [3.05, 3.63) is 66.2 Å². The van der Waals surface area contributed by atoms with Crippen molar-refractivity contribution in [1.29, 1.82) is 0 Å². The molecule has 1 aliphatic rings. The third-order valence-corrected chi connectivity index (χ3v) is 7.50. The third-order valence-electron chi connectivity index (χ3n) is 7.50. The van der Waals surface area contributed by atoms with Crippen LogP contribution in [0.25, 0.3) is 11.0 Å². The largest absolute Gasteiger partial charge is 0.492 e. The molecule has 0 saturated carbocycles. The number of pyridine rings is 1. The molecule has 3 aromatic heterocycles. The monoisotopic (exact) mass is 560 g/mol. The summed E-state index contributed by atoms with van der Waals surface area (Å²) < 4.78 is 7.63. The molecule has 0 aliphatic carbocycles. The maximum Gasteiger partial charge on any atom is 0.172 e. The lowest BCUT2D eigenvalue weighted by Crippen LogP contribution is -2.39. The van der Waals surface area contributed by atoms with Crippen LogP contribution in [0.2, 0.25) is 0 Å². The Bertz CT molecular complexity index is 1380. The molecule has 4 aromatic rings. The first-order valence-corrected chi connectivity index (χ1v) is 14.4. The molecule has 0 unspecified atom stereocenters. The number of hydrogen-bond acceptors (Lipinski definition) is 10. The van der Waals surface area contributed by atoms with Crippen molar-refractivity contribution in [3.63, 3.8) is 0 Å². The maximum absolute atomic E-state index is 10.2. The molecule has 11 nitrogen and oxygen atoms in total. The first-order valence-electron chi connectivity index (χ1n) is 14.4. The van der Waals surface area contributed by atoms with E-state index in [1.54, 1.807) is 10.9 Å². The molecule has 0 bridgehead atoms. The second-order valence-electron chi connectivity index (χ2n) is 10.5. The van der Waals surface area contributed by atoms with E-state index in [1.807, 2.05) is 37.4 Å². The van der Waals surface area contributed by atoms with Gasteiger partial charge < -0.3 is 25.6 Å². The van der Waals surface area contributed by atoms with Crippen LogP contribution in [0.15, 0.2) is 55.0 Å². The summed E-state index contributed by atoms with van der Waals surface area (Å²) in [6.45, 7) is 3.80. The van der Waals surface area contributed by atoms with Crippen molar-refractivity contribution < 1.29 is 14.9 Å². The molecular formula is C30H40N8O3. The average molecular weight is 561 g/mol. The summed E-state index contributed by atoms with van der Waals surface area (Å²) in [5, 5.41) is 32.0. The molecule has 1 aliphatic heterocycles. The van der Waals surface area contributed by atoms with Gasteiger partial charge in [-0.15, -0.1) is 0 Å². The lowest BCUT2D eigenvalue weighted by atomic mass is 10.1. The molecule has 4 heterocycles. The number of para-hydroxylation sites is 1. The zero-order valence-electron chi connectivity index (χ0n) is 23.6. The predicted molar refractivity (Wildman–Crippen MR) is 159 cm³/mol. The first kappa shape index (κ1) is 28.7. The van der Waals surface area contributed by atoms with Crippen LogP contribution in [-0.4, -0.2) is 85.0 Å². The lowest BCUT2D eigenvalue weighted by Gasteiger charge is -2.27. The van der Waals surface area contributed by atoms with Gasteiger partial charge in [-0.05, 0) is 68.8 Å². The lowest BCUT2D eigenvalue weighted by molar-refractivity contribution is -0.0560. The molecule has 4 N–H and O–H groups in total. The van der Waals surface area contributed by atoms with E-state index >= 15 is 0 Å². The number of nitrogens with zero attached hydrogens (tertiary/aromatic N) is 6. The Balaban J connectivity index is 1.17. The average Bonchev–Trinajstić information content (AvgIpc) is 3.38. The normalized spacial score (nSPS) is 13.8. The second-order valence-corrected chi connectivity index (χ2v) is 10.5. The van der Waals surface area contributed by atoms with E-state index in [9.17, 15) is 10.2 Å². The number of aryl methyl sites for hydroxylation is 3. The smallest absolute Gasteiger partial charge is 0.172 e. The molecule has 0 saturated heterocycles. The van der Waals surface area contributed by atoms with Crippen LogP contribution in [0.4, 0.5) is 11.6 Å². The number of hydrogen-bond donors (Lipinski definition) is 4. The van der Waals surface area contributed by atoms with Gasteiger partial charge in [0.05, 0.1) is 17.6 Å². The summed E-state index contributed by atoms with van der Waals surface area (Å²) in [5.74, 6) is 2.42. The highest BCUT2D eigenvalue weighted by Gasteiger charge is 2.21. The zero-order chi connectivity index (χ0) is 28.4. The van der Waals surface area contributed by atoms with Gasteiger partial charge in [0.1, 0.15) is 30.3 Å². The minimum absolute atomic E-state index is 0.507. The minimum Gasteiger partial charge on any atom is -0.492 e. The molecule has 1 atom stereocenters. The van der Waals surface area contributed by atoms with E-state index in [0.29, 0.717) is 31.0 Å². The molecule has 0 radical (unpaired) electrons. The van der Waals surface area contributed by atoms with Gasteiger partial charge in [-0.25, -0.2) is 15.0 Å². The fraction of sp³-hybridized carbons (Fsp3) is 0.467. The zero-order valence-corrected chi connectivity index (χ0v) is 23.6. The number of anilines is 2. The van der Waals surface area contributed by atoms with Crippen molar-refractivity contribution in [1.82, 2.24) is 29.6 Å². The topological polar surface area (TPSA) is 133 Å². The van der Waals surface area contributed by atoms with E-state index in [2.05, 4.69) is 42.7 Å². The van der Waals surface area contributed by atoms with Crippen molar-refractivity contribution in [2.75, 3.05) is 43.4 Å². The number of aliphatic hydroxyl groups excluding tert-OH is 1. The van der Waals surface area contributed by atoms with Crippen molar-refractivity contribution in [2.24, 2.45) is 7.05 Å². The number of aromatic nitrogens is 5. The highest BCUT2D eigenvalue weighted by Crippen LogP contribution is 2.21. The summed E-state index contributed by atoms with van der Waals surface area (Å²) in [6, 6.07) is 13.5. The molecule has 1 aromatic carbocycles. The minimum atomic E-state index is -1.55. The van der Waals surface area contributed by atoms with Crippen LogP contribution in [0.5, 0.6) is 5.75 Å². The summed E-state index contributed by atoms with van der Waals surface area (Å²) in [6.07, 6.45) is 7.29. The molecule has 0 amide bonds. The maximum atomic E-state index is 10.2. The second kappa shape index (κ2) is 14.2. The molecule has 0 spiro atoms. The van der Waals surface area contributed by atoms with Crippen LogP contribution < -0.4 is 15.4 Å². The molecule has 218 valence electrons. The van der Waals surface area contributed by atoms with Crippen molar-refractivity contribution >= 4 is 22.7 Å². The van der Waals surface area contributed by atoms with Gasteiger partial charge in [-0.3, -0.25) is 9.58 Å². The Labute approximate surface area is 240 Å².